The van der Waals surface area contributed by atoms with Crippen molar-refractivity contribution in [2.45, 2.75) is 52.4 Å². The van der Waals surface area contributed by atoms with E-state index in [-0.39, 0.29) is 43.4 Å². The van der Waals surface area contributed by atoms with Gasteiger partial charge < -0.3 is 10.2 Å². The smallest absolute Gasteiger partial charge is 0.126 e. The number of rotatable bonds is 10. The van der Waals surface area contributed by atoms with E-state index in [0.717, 1.165) is 97.5 Å². The Bertz CT molecular complexity index is 3790. The van der Waals surface area contributed by atoms with Crippen molar-refractivity contribution in [1.29, 1.82) is 0 Å². The first-order chi connectivity index (χ1) is 38.8. The molecule has 9 heteroatoms. The van der Waals surface area contributed by atoms with E-state index in [4.69, 9.17) is 20.0 Å². The summed E-state index contributed by atoms with van der Waals surface area (Å²) in [5, 5.41) is 22.9. The molecule has 6 nitrogen and oxygen atoms in total. The molecule has 0 amide bonds. The van der Waals surface area contributed by atoms with Crippen LogP contribution in [0.25, 0.3) is 86.1 Å². The first-order valence-corrected chi connectivity index (χ1v) is 28.3. The number of para-hydroxylation sites is 2. The minimum Gasteiger partial charge on any atom is -0.507 e. The van der Waals surface area contributed by atoms with Crippen molar-refractivity contribution in [3.05, 3.63) is 253 Å². The molecule has 0 aliphatic heterocycles. The molecule has 0 unspecified atom stereocenters. The molecule has 81 heavy (non-hydrogen) atoms. The molecule has 12 rings (SSSR count). The molecule has 0 radical (unpaired) electrons. The minimum atomic E-state index is -0.0282. The molecule has 2 aromatic heterocycles. The summed E-state index contributed by atoms with van der Waals surface area (Å²) >= 11 is 3.37. The van der Waals surface area contributed by atoms with E-state index < -0.39 is 0 Å². The SMILES string of the molecule is CC(C)(C)c1ccc(O)c(C=Nc2ccccc2-c2nc3c(-c4[c-]cccc4)ccc(-c4ccccc4)c3s2)c1.CC(C)(C)c1ccc(O)c(C=Nc2ccccc2-c2nc3c(-c4ccccc4)ccc(-c4ccccc4)c3s2)c1.[Pt]. The molecule has 0 bridgehead atoms. The van der Waals surface area contributed by atoms with Crippen LogP contribution in [0.1, 0.15) is 63.8 Å². The molecule has 0 aliphatic carbocycles. The predicted octanol–water partition coefficient (Wildman–Crippen LogP) is 19.9. The van der Waals surface area contributed by atoms with Gasteiger partial charge in [0, 0.05) is 72.4 Å². The minimum absolute atomic E-state index is 0. The maximum atomic E-state index is 10.5. The van der Waals surface area contributed by atoms with Crippen molar-refractivity contribution in [3.8, 4) is 77.1 Å². The van der Waals surface area contributed by atoms with Gasteiger partial charge >= 0.3 is 0 Å². The summed E-state index contributed by atoms with van der Waals surface area (Å²) in [6, 6.07) is 79.0. The fourth-order valence-corrected chi connectivity index (χ4v) is 11.9. The Balaban J connectivity index is 0.000000180. The van der Waals surface area contributed by atoms with Crippen LogP contribution in [0.4, 0.5) is 11.4 Å². The van der Waals surface area contributed by atoms with E-state index in [1.165, 1.54) is 11.1 Å². The average Bonchev–Trinajstić information content (AvgIpc) is 4.35. The van der Waals surface area contributed by atoms with Crippen molar-refractivity contribution in [2.24, 2.45) is 9.98 Å². The zero-order chi connectivity index (χ0) is 55.4. The second kappa shape index (κ2) is 24.1. The Morgan fingerprint density at radius 2 is 0.790 bits per heavy atom. The van der Waals surface area contributed by atoms with Crippen molar-refractivity contribution in [1.82, 2.24) is 9.97 Å². The third-order valence-electron chi connectivity index (χ3n) is 14.1. The number of aromatic nitrogens is 2. The maximum absolute atomic E-state index is 10.5. The third kappa shape index (κ3) is 12.4. The molecule has 0 saturated heterocycles. The van der Waals surface area contributed by atoms with Crippen LogP contribution < -0.4 is 0 Å². The summed E-state index contributed by atoms with van der Waals surface area (Å²) in [5.41, 5.74) is 18.1. The second-order valence-corrected chi connectivity index (χ2v) is 23.7. The van der Waals surface area contributed by atoms with Crippen molar-refractivity contribution in [2.75, 3.05) is 0 Å². The van der Waals surface area contributed by atoms with E-state index in [0.29, 0.717) is 11.1 Å². The van der Waals surface area contributed by atoms with Crippen LogP contribution in [-0.4, -0.2) is 32.6 Å². The second-order valence-electron chi connectivity index (χ2n) is 21.7. The molecule has 402 valence electrons. The number of aromatic hydroxyl groups is 2. The summed E-state index contributed by atoms with van der Waals surface area (Å²) in [5.74, 6) is 0.430. The van der Waals surface area contributed by atoms with Gasteiger partial charge in [0.1, 0.15) is 21.5 Å². The molecular formula is C72H59N4O2PtS2-. The van der Waals surface area contributed by atoms with Gasteiger partial charge in [-0.1, -0.05) is 199 Å². The first kappa shape index (κ1) is 55.9. The van der Waals surface area contributed by atoms with Crippen molar-refractivity contribution < 1.29 is 31.3 Å². The maximum Gasteiger partial charge on any atom is 0.126 e. The molecule has 10 aromatic carbocycles. The molecule has 0 spiro atoms. The Morgan fingerprint density at radius 1 is 0.407 bits per heavy atom. The van der Waals surface area contributed by atoms with Crippen LogP contribution in [0.2, 0.25) is 0 Å². The van der Waals surface area contributed by atoms with Gasteiger partial charge in [-0.25, -0.2) is 9.97 Å². The van der Waals surface area contributed by atoms with Gasteiger partial charge in [-0.05, 0) is 92.7 Å². The van der Waals surface area contributed by atoms with Gasteiger partial charge in [-0.3, -0.25) is 9.98 Å². The van der Waals surface area contributed by atoms with Crippen LogP contribution in [0.15, 0.2) is 234 Å². The van der Waals surface area contributed by atoms with Crippen LogP contribution >= 0.6 is 22.7 Å². The van der Waals surface area contributed by atoms with Gasteiger partial charge in [-0.15, -0.1) is 58.6 Å². The van der Waals surface area contributed by atoms with E-state index in [1.54, 1.807) is 47.2 Å². The Kier molecular flexibility index (Phi) is 16.7. The number of fused-ring (bicyclic) bond motifs is 2. The molecule has 2 N–H and O–H groups in total. The van der Waals surface area contributed by atoms with Gasteiger partial charge in [-0.2, -0.15) is 0 Å². The Morgan fingerprint density at radius 3 is 1.22 bits per heavy atom. The van der Waals surface area contributed by atoms with E-state index in [9.17, 15) is 10.2 Å². The summed E-state index contributed by atoms with van der Waals surface area (Å²) in [6.45, 7) is 13.0. The predicted molar refractivity (Wildman–Crippen MR) is 339 cm³/mol. The van der Waals surface area contributed by atoms with Crippen LogP contribution in [0.3, 0.4) is 0 Å². The molecule has 2 heterocycles. The van der Waals surface area contributed by atoms with Crippen LogP contribution in [0, 0.1) is 6.07 Å². The summed E-state index contributed by atoms with van der Waals surface area (Å²) < 4.78 is 2.28. The van der Waals surface area contributed by atoms with Gasteiger partial charge in [0.2, 0.25) is 0 Å². The molecule has 0 aliphatic rings. The number of phenolic OH excluding ortho intramolecular Hbond substituents is 2. The number of hydrogen-bond donors (Lipinski definition) is 2. The number of aliphatic imine (C=N–C) groups is 2. The average molecular weight is 1270 g/mol. The fraction of sp³-hybridized carbons (Fsp3) is 0.111. The van der Waals surface area contributed by atoms with Gasteiger partial charge in [0.25, 0.3) is 0 Å². The van der Waals surface area contributed by atoms with Crippen molar-refractivity contribution in [3.63, 3.8) is 0 Å². The van der Waals surface area contributed by atoms with Crippen LogP contribution in [0.5, 0.6) is 11.5 Å². The first-order valence-electron chi connectivity index (χ1n) is 26.7. The van der Waals surface area contributed by atoms with Crippen molar-refractivity contribution >= 4 is 66.9 Å². The zero-order valence-electron chi connectivity index (χ0n) is 45.8. The topological polar surface area (TPSA) is 91.0 Å². The molecule has 0 atom stereocenters. The van der Waals surface area contributed by atoms with Crippen LogP contribution in [-0.2, 0) is 31.9 Å². The summed E-state index contributed by atoms with van der Waals surface area (Å²) in [6.07, 6.45) is 3.50. The Hall–Kier alpha value is -8.39. The standard InChI is InChI=1S/C36H30N2OS.C36H29N2OS.Pt/c2*1-36(2,3)27-18-21-32(39)26(22-27)23-37-31-17-11-10-16-30(31)35-38-33-28(24-12-6-4-7-13-24)19-20-29(34(33)40-35)25-14-8-5-9-15-25;/h4-23,39H,1-3H3;4-12,14-23,39H,1-3H3;/q;-1;. The molecule has 0 saturated carbocycles. The molecule has 0 fully saturated rings. The van der Waals surface area contributed by atoms with Gasteiger partial charge in [0.15, 0.2) is 0 Å². The number of thiazole rings is 2. The number of hydrogen-bond acceptors (Lipinski definition) is 8. The number of nitrogens with zero attached hydrogens (tertiary/aromatic N) is 4. The van der Waals surface area contributed by atoms with Gasteiger partial charge in [0.05, 0.1) is 26.3 Å². The largest absolute Gasteiger partial charge is 0.507 e. The molecular weight excluding hydrogens is 1210 g/mol. The Labute approximate surface area is 496 Å². The van der Waals surface area contributed by atoms with E-state index in [2.05, 4.69) is 163 Å². The van der Waals surface area contributed by atoms with E-state index >= 15 is 0 Å². The monoisotopic (exact) mass is 1270 g/mol. The normalized spacial score (nSPS) is 11.7. The fourth-order valence-electron chi connectivity index (χ4n) is 9.62. The number of phenols is 2. The molecule has 12 aromatic rings. The third-order valence-corrected chi connectivity index (χ3v) is 16.3. The van der Waals surface area contributed by atoms with E-state index in [1.807, 2.05) is 97.1 Å². The quantitative estimate of drug-likeness (QED) is 0.105. The number of benzene rings is 10. The zero-order valence-corrected chi connectivity index (χ0v) is 49.7. The summed E-state index contributed by atoms with van der Waals surface area (Å²) in [7, 11) is 0. The summed E-state index contributed by atoms with van der Waals surface area (Å²) in [4.78, 5) is 20.1.